The van der Waals surface area contributed by atoms with Crippen LogP contribution in [-0.4, -0.2) is 22.0 Å². The van der Waals surface area contributed by atoms with Crippen LogP contribution in [0.15, 0.2) is 18.3 Å². The lowest BCUT2D eigenvalue weighted by Gasteiger charge is -2.34. The number of pyridine rings is 1. The molecule has 3 heteroatoms. The first-order valence-electron chi connectivity index (χ1n) is 6.45. The molecule has 0 aromatic carbocycles. The molecular weight excluding hydrogens is 228 g/mol. The van der Waals surface area contributed by atoms with Gasteiger partial charge in [-0.3, -0.25) is 4.98 Å². The highest BCUT2D eigenvalue weighted by Crippen LogP contribution is 2.46. The van der Waals surface area contributed by atoms with E-state index in [9.17, 15) is 0 Å². The van der Waals surface area contributed by atoms with E-state index in [1.54, 1.807) is 0 Å². The van der Waals surface area contributed by atoms with Gasteiger partial charge in [0.1, 0.15) is 0 Å². The fraction of sp³-hybridized carbons (Fsp3) is 0.643. The van der Waals surface area contributed by atoms with Crippen molar-refractivity contribution in [3.8, 4) is 0 Å². The van der Waals surface area contributed by atoms with Crippen molar-refractivity contribution in [2.75, 3.05) is 12.3 Å². The molecule has 2 rings (SSSR count). The number of rotatable bonds is 4. The van der Waals surface area contributed by atoms with Crippen molar-refractivity contribution in [3.63, 3.8) is 0 Å². The zero-order chi connectivity index (χ0) is 12.3. The van der Waals surface area contributed by atoms with E-state index in [1.807, 2.05) is 13.1 Å². The van der Waals surface area contributed by atoms with Crippen LogP contribution < -0.4 is 5.32 Å². The highest BCUT2D eigenvalue weighted by atomic mass is 32.2. The summed E-state index contributed by atoms with van der Waals surface area (Å²) >= 11 is 2.10. The second-order valence-electron chi connectivity index (χ2n) is 4.99. The molecular formula is C14H22N2S. The van der Waals surface area contributed by atoms with E-state index in [2.05, 4.69) is 48.0 Å². The minimum absolute atomic E-state index is 0.326. The molecule has 1 aromatic rings. The number of aromatic nitrogens is 1. The number of aryl methyl sites for hydroxylation is 1. The summed E-state index contributed by atoms with van der Waals surface area (Å²) in [7, 11) is 0. The summed E-state index contributed by atoms with van der Waals surface area (Å²) < 4.78 is 0.326. The highest BCUT2D eigenvalue weighted by molar-refractivity contribution is 8.00. The molecule has 0 saturated carbocycles. The Morgan fingerprint density at radius 3 is 2.88 bits per heavy atom. The molecule has 0 bridgehead atoms. The van der Waals surface area contributed by atoms with Crippen molar-refractivity contribution in [2.24, 2.45) is 0 Å². The first kappa shape index (κ1) is 12.9. The van der Waals surface area contributed by atoms with Crippen molar-refractivity contribution >= 4 is 11.8 Å². The van der Waals surface area contributed by atoms with Gasteiger partial charge in [-0.1, -0.05) is 13.0 Å². The van der Waals surface area contributed by atoms with Crippen LogP contribution in [0.4, 0.5) is 0 Å². The third-order valence-electron chi connectivity index (χ3n) is 3.54. The normalized spacial score (nSPS) is 26.1. The molecule has 2 atom stereocenters. The molecule has 1 aromatic heterocycles. The van der Waals surface area contributed by atoms with E-state index in [0.29, 0.717) is 10.8 Å². The Bertz CT molecular complexity index is 355. The maximum atomic E-state index is 4.44. The Balaban J connectivity index is 2.24. The zero-order valence-electron chi connectivity index (χ0n) is 11.0. The molecule has 1 N–H and O–H groups in total. The lowest BCUT2D eigenvalue weighted by atomic mass is 9.91. The maximum Gasteiger partial charge on any atom is 0.0481 e. The molecule has 2 unspecified atom stereocenters. The maximum absolute atomic E-state index is 4.44. The molecule has 0 spiro atoms. The molecule has 1 aliphatic rings. The Labute approximate surface area is 109 Å². The first-order valence-corrected chi connectivity index (χ1v) is 7.44. The van der Waals surface area contributed by atoms with Crippen molar-refractivity contribution in [1.29, 1.82) is 0 Å². The number of thioether (sulfide) groups is 1. The zero-order valence-corrected chi connectivity index (χ0v) is 11.8. The van der Waals surface area contributed by atoms with Gasteiger partial charge in [-0.05, 0) is 50.6 Å². The summed E-state index contributed by atoms with van der Waals surface area (Å²) in [5.41, 5.74) is 2.42. The number of hydrogen-bond acceptors (Lipinski definition) is 3. The van der Waals surface area contributed by atoms with Crippen molar-refractivity contribution in [2.45, 2.75) is 44.4 Å². The standard InChI is InChI=1S/C14H22N2S/c1-4-15-13(14(3)8-5-9-17-14)12-7-6-11(2)16-10-12/h6-7,10,13,15H,4-5,8-9H2,1-3H3. The molecule has 17 heavy (non-hydrogen) atoms. The van der Waals surface area contributed by atoms with Gasteiger partial charge in [0.2, 0.25) is 0 Å². The third-order valence-corrected chi connectivity index (χ3v) is 5.13. The first-order chi connectivity index (χ1) is 8.15. The van der Waals surface area contributed by atoms with Gasteiger partial charge >= 0.3 is 0 Å². The molecule has 0 aliphatic carbocycles. The average Bonchev–Trinajstić information content (AvgIpc) is 2.75. The van der Waals surface area contributed by atoms with E-state index in [0.717, 1.165) is 12.2 Å². The van der Waals surface area contributed by atoms with Gasteiger partial charge in [-0.15, -0.1) is 0 Å². The van der Waals surface area contributed by atoms with Gasteiger partial charge in [-0.2, -0.15) is 11.8 Å². The fourth-order valence-electron chi connectivity index (χ4n) is 2.57. The summed E-state index contributed by atoms with van der Waals surface area (Å²) in [6.07, 6.45) is 4.67. The highest BCUT2D eigenvalue weighted by Gasteiger charge is 2.38. The Morgan fingerprint density at radius 2 is 2.35 bits per heavy atom. The van der Waals surface area contributed by atoms with E-state index in [1.165, 1.54) is 24.2 Å². The second-order valence-corrected chi connectivity index (χ2v) is 6.62. The van der Waals surface area contributed by atoms with Crippen LogP contribution in [-0.2, 0) is 0 Å². The lowest BCUT2D eigenvalue weighted by molar-refractivity contribution is 0.420. The van der Waals surface area contributed by atoms with Gasteiger partial charge < -0.3 is 5.32 Å². The number of hydrogen-bond donors (Lipinski definition) is 1. The SMILES string of the molecule is CCNC(c1ccc(C)nc1)C1(C)CCCS1. The number of nitrogens with zero attached hydrogens (tertiary/aromatic N) is 1. The van der Waals surface area contributed by atoms with E-state index in [4.69, 9.17) is 0 Å². The summed E-state index contributed by atoms with van der Waals surface area (Å²) in [5, 5.41) is 3.64. The largest absolute Gasteiger partial charge is 0.309 e. The summed E-state index contributed by atoms with van der Waals surface area (Å²) in [4.78, 5) is 4.44. The van der Waals surface area contributed by atoms with Gasteiger partial charge in [-0.25, -0.2) is 0 Å². The monoisotopic (exact) mass is 250 g/mol. The Morgan fingerprint density at radius 1 is 1.53 bits per heavy atom. The van der Waals surface area contributed by atoms with Gasteiger partial charge in [0.25, 0.3) is 0 Å². The van der Waals surface area contributed by atoms with Crippen LogP contribution in [0.3, 0.4) is 0 Å². The fourth-order valence-corrected chi connectivity index (χ4v) is 4.00. The lowest BCUT2D eigenvalue weighted by Crippen LogP contribution is -2.37. The van der Waals surface area contributed by atoms with Gasteiger partial charge in [0, 0.05) is 22.7 Å². The van der Waals surface area contributed by atoms with Crippen molar-refractivity contribution < 1.29 is 0 Å². The summed E-state index contributed by atoms with van der Waals surface area (Å²) in [6, 6.07) is 4.76. The molecule has 1 fully saturated rings. The number of nitrogens with one attached hydrogen (secondary N) is 1. The smallest absolute Gasteiger partial charge is 0.0481 e. The minimum Gasteiger partial charge on any atom is -0.309 e. The van der Waals surface area contributed by atoms with Crippen LogP contribution >= 0.6 is 11.8 Å². The predicted molar refractivity (Wildman–Crippen MR) is 75.5 cm³/mol. The van der Waals surface area contributed by atoms with Gasteiger partial charge in [0.15, 0.2) is 0 Å². The predicted octanol–water partition coefficient (Wildman–Crippen LogP) is 3.33. The molecule has 1 saturated heterocycles. The van der Waals surface area contributed by atoms with E-state index in [-0.39, 0.29) is 0 Å². The molecule has 0 radical (unpaired) electrons. The average molecular weight is 250 g/mol. The summed E-state index contributed by atoms with van der Waals surface area (Å²) in [6.45, 7) is 7.61. The van der Waals surface area contributed by atoms with Crippen LogP contribution in [0.2, 0.25) is 0 Å². The Kier molecular flexibility index (Phi) is 4.10. The van der Waals surface area contributed by atoms with Crippen LogP contribution in [0.1, 0.15) is 44.0 Å². The van der Waals surface area contributed by atoms with E-state index < -0.39 is 0 Å². The van der Waals surface area contributed by atoms with E-state index >= 15 is 0 Å². The Hall–Kier alpha value is -0.540. The quantitative estimate of drug-likeness (QED) is 0.887. The van der Waals surface area contributed by atoms with Crippen LogP contribution in [0, 0.1) is 6.92 Å². The van der Waals surface area contributed by atoms with Crippen LogP contribution in [0.5, 0.6) is 0 Å². The summed E-state index contributed by atoms with van der Waals surface area (Å²) in [5.74, 6) is 1.29. The topological polar surface area (TPSA) is 24.9 Å². The minimum atomic E-state index is 0.326. The van der Waals surface area contributed by atoms with Crippen molar-refractivity contribution in [1.82, 2.24) is 10.3 Å². The molecule has 2 nitrogen and oxygen atoms in total. The molecule has 0 amide bonds. The van der Waals surface area contributed by atoms with Crippen molar-refractivity contribution in [3.05, 3.63) is 29.6 Å². The second kappa shape index (κ2) is 5.40. The van der Waals surface area contributed by atoms with Crippen LogP contribution in [0.25, 0.3) is 0 Å². The molecule has 2 heterocycles. The molecule has 94 valence electrons. The van der Waals surface area contributed by atoms with Gasteiger partial charge in [0.05, 0.1) is 0 Å². The third kappa shape index (κ3) is 2.83. The molecule has 1 aliphatic heterocycles.